The van der Waals surface area contributed by atoms with Gasteiger partial charge in [0.05, 0.1) is 0 Å². The van der Waals surface area contributed by atoms with Crippen LogP contribution in [0.25, 0.3) is 0 Å². The molecule has 1 aromatic carbocycles. The number of para-hydroxylation sites is 1. The molecule has 0 aliphatic rings. The van der Waals surface area contributed by atoms with Crippen molar-refractivity contribution in [1.82, 2.24) is 0 Å². The molecule has 0 aliphatic carbocycles. The minimum absolute atomic E-state index is 0.660. The molecule has 1 nitrogen and oxygen atoms in total. The van der Waals surface area contributed by atoms with Gasteiger partial charge < -0.3 is 4.74 Å². The molecule has 0 amide bonds. The number of ether oxygens (including phenoxy) is 1. The predicted molar refractivity (Wildman–Crippen MR) is 55.1 cm³/mol. The van der Waals surface area contributed by atoms with E-state index in [1.165, 1.54) is 5.56 Å². The van der Waals surface area contributed by atoms with Crippen LogP contribution in [-0.2, 0) is 6.61 Å². The minimum Gasteiger partial charge on any atom is -0.489 e. The summed E-state index contributed by atoms with van der Waals surface area (Å²) in [6.45, 7) is 0.660. The van der Waals surface area contributed by atoms with Gasteiger partial charge in [-0.05, 0) is 34.5 Å². The topological polar surface area (TPSA) is 9.23 Å². The van der Waals surface area contributed by atoms with E-state index in [4.69, 9.17) is 4.74 Å². The van der Waals surface area contributed by atoms with Crippen molar-refractivity contribution in [1.29, 1.82) is 0 Å². The van der Waals surface area contributed by atoms with Gasteiger partial charge in [0.25, 0.3) is 0 Å². The van der Waals surface area contributed by atoms with Gasteiger partial charge in [-0.1, -0.05) is 18.2 Å². The van der Waals surface area contributed by atoms with Gasteiger partial charge in [-0.25, -0.2) is 0 Å². The Morgan fingerprint density at radius 2 is 1.92 bits per heavy atom. The summed E-state index contributed by atoms with van der Waals surface area (Å²) in [7, 11) is 0. The minimum atomic E-state index is 0.660. The molecule has 0 radical (unpaired) electrons. The van der Waals surface area contributed by atoms with Crippen molar-refractivity contribution >= 4 is 11.3 Å². The summed E-state index contributed by atoms with van der Waals surface area (Å²) < 4.78 is 5.56. The molecule has 0 saturated carbocycles. The molecule has 0 fully saturated rings. The number of thiophene rings is 1. The number of rotatable bonds is 3. The van der Waals surface area contributed by atoms with Crippen LogP contribution < -0.4 is 4.74 Å². The Hall–Kier alpha value is -1.28. The summed E-state index contributed by atoms with van der Waals surface area (Å²) in [6, 6.07) is 11.9. The zero-order valence-electron chi connectivity index (χ0n) is 7.14. The van der Waals surface area contributed by atoms with Crippen molar-refractivity contribution < 1.29 is 4.74 Å². The first-order valence-electron chi connectivity index (χ1n) is 4.14. The summed E-state index contributed by atoms with van der Waals surface area (Å²) in [5.74, 6) is 0.925. The van der Waals surface area contributed by atoms with Gasteiger partial charge in [0.1, 0.15) is 12.4 Å². The Kier molecular flexibility index (Phi) is 2.62. The van der Waals surface area contributed by atoms with Gasteiger partial charge in [-0.3, -0.25) is 0 Å². The van der Waals surface area contributed by atoms with Gasteiger partial charge in [0.15, 0.2) is 0 Å². The number of benzene rings is 1. The second-order valence-electron chi connectivity index (χ2n) is 2.73. The number of hydrogen-bond donors (Lipinski definition) is 0. The van der Waals surface area contributed by atoms with Crippen LogP contribution in [0.2, 0.25) is 0 Å². The lowest BCUT2D eigenvalue weighted by Crippen LogP contribution is -1.92. The van der Waals surface area contributed by atoms with Crippen LogP contribution in [0.4, 0.5) is 0 Å². The second kappa shape index (κ2) is 4.10. The fourth-order valence-electron chi connectivity index (χ4n) is 1.06. The Labute approximate surface area is 81.6 Å². The molecule has 0 N–H and O–H groups in total. The van der Waals surface area contributed by atoms with Crippen molar-refractivity contribution in [3.05, 3.63) is 52.7 Å². The van der Waals surface area contributed by atoms with E-state index in [1.807, 2.05) is 30.3 Å². The molecular weight excluding hydrogens is 180 g/mol. The third kappa shape index (κ3) is 2.33. The zero-order chi connectivity index (χ0) is 8.93. The standard InChI is InChI=1S/C11H10OS/c1-2-4-11(5-3-1)12-8-10-6-7-13-9-10/h1-7,9H,8H2. The van der Waals surface area contributed by atoms with E-state index in [9.17, 15) is 0 Å². The average Bonchev–Trinajstić information content (AvgIpc) is 2.69. The van der Waals surface area contributed by atoms with E-state index < -0.39 is 0 Å². The smallest absolute Gasteiger partial charge is 0.119 e. The normalized spacial score (nSPS) is 9.85. The van der Waals surface area contributed by atoms with E-state index >= 15 is 0 Å². The van der Waals surface area contributed by atoms with E-state index in [0.717, 1.165) is 5.75 Å². The fraction of sp³-hybridized carbons (Fsp3) is 0.0909. The lowest BCUT2D eigenvalue weighted by atomic mass is 10.3. The highest BCUT2D eigenvalue weighted by atomic mass is 32.1. The lowest BCUT2D eigenvalue weighted by molar-refractivity contribution is 0.307. The highest BCUT2D eigenvalue weighted by Crippen LogP contribution is 2.12. The molecule has 2 heteroatoms. The second-order valence-corrected chi connectivity index (χ2v) is 3.51. The third-order valence-corrected chi connectivity index (χ3v) is 2.46. The Morgan fingerprint density at radius 1 is 1.08 bits per heavy atom. The van der Waals surface area contributed by atoms with Crippen LogP contribution in [-0.4, -0.2) is 0 Å². The molecule has 0 atom stereocenters. The summed E-state index contributed by atoms with van der Waals surface area (Å²) in [5, 5.41) is 4.16. The Bertz CT molecular complexity index is 340. The molecule has 2 rings (SSSR count). The lowest BCUT2D eigenvalue weighted by Gasteiger charge is -2.03. The fourth-order valence-corrected chi connectivity index (χ4v) is 1.71. The van der Waals surface area contributed by atoms with E-state index in [0.29, 0.717) is 6.61 Å². The largest absolute Gasteiger partial charge is 0.489 e. The van der Waals surface area contributed by atoms with Crippen LogP contribution >= 0.6 is 11.3 Å². The summed E-state index contributed by atoms with van der Waals surface area (Å²) in [4.78, 5) is 0. The van der Waals surface area contributed by atoms with Crippen molar-refractivity contribution in [2.75, 3.05) is 0 Å². The maximum absolute atomic E-state index is 5.56. The van der Waals surface area contributed by atoms with E-state index in [2.05, 4.69) is 16.8 Å². The first-order chi connectivity index (χ1) is 6.45. The molecular formula is C11H10OS. The van der Waals surface area contributed by atoms with Crippen molar-refractivity contribution in [2.24, 2.45) is 0 Å². The number of hydrogen-bond acceptors (Lipinski definition) is 2. The van der Waals surface area contributed by atoms with Crippen LogP contribution in [0.15, 0.2) is 47.2 Å². The van der Waals surface area contributed by atoms with E-state index in [1.54, 1.807) is 11.3 Å². The Morgan fingerprint density at radius 3 is 2.62 bits per heavy atom. The molecule has 0 unspecified atom stereocenters. The third-order valence-electron chi connectivity index (χ3n) is 1.73. The molecule has 0 saturated heterocycles. The molecule has 2 aromatic rings. The molecule has 1 heterocycles. The highest BCUT2D eigenvalue weighted by molar-refractivity contribution is 7.07. The van der Waals surface area contributed by atoms with Crippen molar-refractivity contribution in [3.63, 3.8) is 0 Å². The molecule has 13 heavy (non-hydrogen) atoms. The quantitative estimate of drug-likeness (QED) is 0.721. The van der Waals surface area contributed by atoms with Crippen LogP contribution in [0.1, 0.15) is 5.56 Å². The first-order valence-corrected chi connectivity index (χ1v) is 5.08. The predicted octanol–water partition coefficient (Wildman–Crippen LogP) is 3.33. The summed E-state index contributed by atoms with van der Waals surface area (Å²) >= 11 is 1.69. The molecule has 0 spiro atoms. The van der Waals surface area contributed by atoms with Gasteiger partial charge in [0.2, 0.25) is 0 Å². The monoisotopic (exact) mass is 190 g/mol. The molecule has 0 aliphatic heterocycles. The SMILES string of the molecule is c1ccc(OCc2ccsc2)cc1. The first kappa shape index (κ1) is 8.32. The van der Waals surface area contributed by atoms with Gasteiger partial charge in [-0.2, -0.15) is 11.3 Å². The maximum atomic E-state index is 5.56. The van der Waals surface area contributed by atoms with Crippen LogP contribution in [0, 0.1) is 0 Å². The maximum Gasteiger partial charge on any atom is 0.119 e. The van der Waals surface area contributed by atoms with Gasteiger partial charge in [0, 0.05) is 0 Å². The van der Waals surface area contributed by atoms with Gasteiger partial charge >= 0.3 is 0 Å². The van der Waals surface area contributed by atoms with Crippen LogP contribution in [0.5, 0.6) is 5.75 Å². The average molecular weight is 190 g/mol. The highest BCUT2D eigenvalue weighted by Gasteiger charge is 1.93. The summed E-state index contributed by atoms with van der Waals surface area (Å²) in [5.41, 5.74) is 1.23. The van der Waals surface area contributed by atoms with Gasteiger partial charge in [-0.15, -0.1) is 0 Å². The Balaban J connectivity index is 1.94. The van der Waals surface area contributed by atoms with Crippen LogP contribution in [0.3, 0.4) is 0 Å². The van der Waals surface area contributed by atoms with Crippen molar-refractivity contribution in [2.45, 2.75) is 6.61 Å². The molecule has 0 bridgehead atoms. The van der Waals surface area contributed by atoms with Crippen molar-refractivity contribution in [3.8, 4) is 5.75 Å². The molecule has 66 valence electrons. The van der Waals surface area contributed by atoms with E-state index in [-0.39, 0.29) is 0 Å². The molecule has 1 aromatic heterocycles. The summed E-state index contributed by atoms with van der Waals surface area (Å²) in [6.07, 6.45) is 0. The zero-order valence-corrected chi connectivity index (χ0v) is 7.96.